The van der Waals surface area contributed by atoms with Gasteiger partial charge in [0.1, 0.15) is 9.79 Å². The van der Waals surface area contributed by atoms with Gasteiger partial charge in [-0.05, 0) is 45.8 Å². The Balaban J connectivity index is 0.00000380. The van der Waals surface area contributed by atoms with E-state index in [1.54, 1.807) is 0 Å². The normalized spacial score (nSPS) is 11.6. The Hall–Kier alpha value is -4.42. The van der Waals surface area contributed by atoms with Crippen LogP contribution in [-0.2, 0) is 20.2 Å². The number of aromatic nitrogens is 6. The van der Waals surface area contributed by atoms with Gasteiger partial charge in [0.05, 0.1) is 12.4 Å². The van der Waals surface area contributed by atoms with Gasteiger partial charge in [-0.1, -0.05) is 24.3 Å². The molecule has 2 aromatic heterocycles. The number of hydrogen-bond donors (Lipinski definition) is 4. The lowest BCUT2D eigenvalue weighted by Gasteiger charge is -2.10. The smallest absolute Gasteiger partial charge is 0.295 e. The van der Waals surface area contributed by atoms with Crippen LogP contribution in [0.25, 0.3) is 12.2 Å². The van der Waals surface area contributed by atoms with Crippen molar-refractivity contribution in [3.8, 4) is 0 Å². The van der Waals surface area contributed by atoms with Gasteiger partial charge in [0.15, 0.2) is 11.6 Å². The van der Waals surface area contributed by atoms with Crippen LogP contribution in [0.3, 0.4) is 0 Å². The first kappa shape index (κ1) is 27.2. The van der Waals surface area contributed by atoms with Crippen molar-refractivity contribution in [1.82, 2.24) is 30.8 Å². The van der Waals surface area contributed by atoms with Crippen LogP contribution < -0.4 is 10.6 Å². The Morgan fingerprint density at radius 3 is 1.38 bits per heavy atom. The van der Waals surface area contributed by atoms with Gasteiger partial charge in [0.25, 0.3) is 20.2 Å². The standard InChI is InChI=1S/C20H16N8O6S2.H2O/c29-35(30,31)17-11-15(23-19-7-9-21-27-25-19)5-3-13(17)1-2-14-4-6-16(12-18(14)36(32,33)34)24-20-8-10-22-28-26-20;/h1-12H,(H,21,23,25)(H,22,24,26)(H,29,30,31)(H,32,33,34);1H2. The highest BCUT2D eigenvalue weighted by Crippen LogP contribution is 2.27. The van der Waals surface area contributed by atoms with E-state index >= 15 is 0 Å². The molecule has 2 heterocycles. The molecule has 192 valence electrons. The van der Waals surface area contributed by atoms with Crippen molar-refractivity contribution in [1.29, 1.82) is 0 Å². The van der Waals surface area contributed by atoms with Crippen molar-refractivity contribution in [3.63, 3.8) is 0 Å². The molecule has 0 saturated heterocycles. The molecule has 37 heavy (non-hydrogen) atoms. The van der Waals surface area contributed by atoms with Crippen LogP contribution in [0.15, 0.2) is 70.7 Å². The van der Waals surface area contributed by atoms with Crippen molar-refractivity contribution >= 4 is 55.4 Å². The third-order valence-electron chi connectivity index (χ3n) is 4.58. The van der Waals surface area contributed by atoms with Crippen LogP contribution >= 0.6 is 0 Å². The molecule has 15 nitrogen and oxygen atoms in total. The quantitative estimate of drug-likeness (QED) is 0.180. The van der Waals surface area contributed by atoms with Crippen molar-refractivity contribution in [2.45, 2.75) is 9.79 Å². The van der Waals surface area contributed by atoms with E-state index in [0.29, 0.717) is 11.6 Å². The second-order valence-corrected chi connectivity index (χ2v) is 9.83. The summed E-state index contributed by atoms with van der Waals surface area (Å²) in [7, 11) is -9.34. The molecular weight excluding hydrogens is 528 g/mol. The maximum absolute atomic E-state index is 12.0. The zero-order valence-corrected chi connectivity index (χ0v) is 20.1. The van der Waals surface area contributed by atoms with Crippen molar-refractivity contribution in [2.24, 2.45) is 0 Å². The molecule has 0 saturated carbocycles. The zero-order valence-electron chi connectivity index (χ0n) is 18.5. The predicted octanol–water partition coefficient (Wildman–Crippen LogP) is 1.38. The summed E-state index contributed by atoms with van der Waals surface area (Å²) in [6.07, 6.45) is 5.33. The molecule has 2 aromatic carbocycles. The Kier molecular flexibility index (Phi) is 8.15. The minimum absolute atomic E-state index is 0. The molecule has 0 aliphatic carbocycles. The molecule has 6 N–H and O–H groups in total. The Morgan fingerprint density at radius 2 is 1.05 bits per heavy atom. The van der Waals surface area contributed by atoms with Crippen molar-refractivity contribution in [2.75, 3.05) is 10.6 Å². The number of nitrogens with one attached hydrogen (secondary N) is 2. The lowest BCUT2D eigenvalue weighted by molar-refractivity contribution is 0.480. The number of nitrogens with zero attached hydrogens (tertiary/aromatic N) is 6. The largest absolute Gasteiger partial charge is 0.412 e. The molecule has 0 bridgehead atoms. The van der Waals surface area contributed by atoms with E-state index in [9.17, 15) is 25.9 Å². The molecule has 0 radical (unpaired) electrons. The van der Waals surface area contributed by atoms with Crippen LogP contribution in [-0.4, -0.2) is 62.2 Å². The average molecular weight is 547 g/mol. The Morgan fingerprint density at radius 1 is 0.649 bits per heavy atom. The maximum atomic E-state index is 12.0. The molecule has 0 spiro atoms. The summed E-state index contributed by atoms with van der Waals surface area (Å²) in [6, 6.07) is 11.2. The van der Waals surface area contributed by atoms with Gasteiger partial charge in [0, 0.05) is 23.5 Å². The lowest BCUT2D eigenvalue weighted by atomic mass is 10.1. The molecule has 0 atom stereocenters. The molecule has 0 amide bonds. The highest BCUT2D eigenvalue weighted by molar-refractivity contribution is 7.86. The fourth-order valence-corrected chi connectivity index (χ4v) is 4.46. The molecule has 17 heteroatoms. The molecule has 0 aliphatic heterocycles. The van der Waals surface area contributed by atoms with E-state index in [4.69, 9.17) is 0 Å². The van der Waals surface area contributed by atoms with Crippen molar-refractivity contribution < 1.29 is 31.4 Å². The topological polar surface area (TPSA) is 242 Å². The lowest BCUT2D eigenvalue weighted by Crippen LogP contribution is -2.04. The molecule has 0 aliphatic rings. The summed E-state index contributed by atoms with van der Waals surface area (Å²) in [4.78, 5) is -0.901. The maximum Gasteiger partial charge on any atom is 0.295 e. The van der Waals surface area contributed by atoms with E-state index < -0.39 is 30.0 Å². The van der Waals surface area contributed by atoms with Gasteiger partial charge in [-0.3, -0.25) is 9.11 Å². The van der Waals surface area contributed by atoms with Gasteiger partial charge in [-0.25, -0.2) is 0 Å². The van der Waals surface area contributed by atoms with Gasteiger partial charge in [-0.2, -0.15) is 16.8 Å². The minimum Gasteiger partial charge on any atom is -0.412 e. The fourth-order valence-electron chi connectivity index (χ4n) is 3.04. The molecule has 0 fully saturated rings. The van der Waals surface area contributed by atoms with Gasteiger partial charge in [-0.15, -0.1) is 20.4 Å². The average Bonchev–Trinajstić information content (AvgIpc) is 2.84. The van der Waals surface area contributed by atoms with Crippen molar-refractivity contribution in [3.05, 3.63) is 72.1 Å². The van der Waals surface area contributed by atoms with Crippen LogP contribution in [0.5, 0.6) is 0 Å². The van der Waals surface area contributed by atoms with Crippen LogP contribution in [0.1, 0.15) is 11.1 Å². The number of rotatable bonds is 8. The monoisotopic (exact) mass is 546 g/mol. The summed E-state index contributed by atoms with van der Waals surface area (Å²) in [5.74, 6) is 0.581. The number of hydrogen-bond acceptors (Lipinski definition) is 12. The van der Waals surface area contributed by atoms with Crippen LogP contribution in [0.4, 0.5) is 23.0 Å². The Labute approximate surface area is 210 Å². The van der Waals surface area contributed by atoms with E-state index in [1.807, 2.05) is 0 Å². The third kappa shape index (κ3) is 7.06. The zero-order chi connectivity index (χ0) is 25.8. The molecule has 4 aromatic rings. The number of anilines is 4. The van der Waals surface area contributed by atoms with Gasteiger partial charge >= 0.3 is 0 Å². The second kappa shape index (κ2) is 11.1. The summed E-state index contributed by atoms with van der Waals surface area (Å²) in [6.45, 7) is 0. The molecular formula is C20H18N8O7S2. The van der Waals surface area contributed by atoms with E-state index in [-0.39, 0.29) is 28.0 Å². The summed E-state index contributed by atoms with van der Waals surface area (Å²) >= 11 is 0. The minimum atomic E-state index is -4.67. The highest BCUT2D eigenvalue weighted by Gasteiger charge is 2.18. The fraction of sp³-hybridized carbons (Fsp3) is 0. The molecule has 0 unspecified atom stereocenters. The van der Waals surface area contributed by atoms with Gasteiger partial charge < -0.3 is 16.1 Å². The third-order valence-corrected chi connectivity index (χ3v) is 6.40. The van der Waals surface area contributed by atoms with E-state index in [2.05, 4.69) is 41.5 Å². The summed E-state index contributed by atoms with van der Waals surface area (Å²) in [5.41, 5.74) is 0.681. The molecule has 4 rings (SSSR count). The van der Waals surface area contributed by atoms with Crippen LogP contribution in [0, 0.1) is 0 Å². The first-order valence-electron chi connectivity index (χ1n) is 9.83. The second-order valence-electron chi connectivity index (χ2n) is 7.05. The van der Waals surface area contributed by atoms with Crippen LogP contribution in [0.2, 0.25) is 0 Å². The predicted molar refractivity (Wildman–Crippen MR) is 131 cm³/mol. The summed E-state index contributed by atoms with van der Waals surface area (Å²) < 4.78 is 67.5. The first-order chi connectivity index (χ1) is 17.1. The number of benzene rings is 2. The van der Waals surface area contributed by atoms with Gasteiger partial charge in [0.2, 0.25) is 0 Å². The Bertz CT molecular complexity index is 1510. The van der Waals surface area contributed by atoms with E-state index in [0.717, 1.165) is 0 Å². The first-order valence-corrected chi connectivity index (χ1v) is 12.7. The van der Waals surface area contributed by atoms with E-state index in [1.165, 1.54) is 73.1 Å². The summed E-state index contributed by atoms with van der Waals surface area (Å²) in [5, 5.41) is 27.1. The SMILES string of the molecule is O.O=S(=O)(O)c1cc(Nc2ccnnn2)ccc1C=Cc1ccc(Nc2ccnnn2)cc1S(=O)(=O)O. The highest BCUT2D eigenvalue weighted by atomic mass is 32.2.